The number of aryl methyl sites for hydroxylation is 1. The molecular weight excluding hydrogens is 320 g/mol. The molecule has 0 spiro atoms. The highest BCUT2D eigenvalue weighted by atomic mass is 16.4. The molecule has 0 bridgehead atoms. The van der Waals surface area contributed by atoms with Crippen molar-refractivity contribution in [1.29, 1.82) is 0 Å². The molecule has 0 aliphatic heterocycles. The molecule has 0 amide bonds. The van der Waals surface area contributed by atoms with E-state index in [0.29, 0.717) is 0 Å². The van der Waals surface area contributed by atoms with E-state index in [1.54, 1.807) is 0 Å². The van der Waals surface area contributed by atoms with Gasteiger partial charge in [-0.3, -0.25) is 14.6 Å². The summed E-state index contributed by atoms with van der Waals surface area (Å²) < 4.78 is 0. The highest BCUT2D eigenvalue weighted by Crippen LogP contribution is 2.18. The van der Waals surface area contributed by atoms with Crippen LogP contribution in [0, 0.1) is 0 Å². The zero-order valence-electron chi connectivity index (χ0n) is 14.5. The maximum Gasteiger partial charge on any atom is 0.321 e. The van der Waals surface area contributed by atoms with Crippen molar-refractivity contribution in [3.8, 4) is 0 Å². The van der Waals surface area contributed by atoms with Crippen LogP contribution in [0.3, 0.4) is 0 Å². The molecule has 6 heteroatoms. The van der Waals surface area contributed by atoms with Crippen molar-refractivity contribution in [1.82, 2.24) is 4.98 Å². The van der Waals surface area contributed by atoms with Crippen LogP contribution in [0.5, 0.6) is 0 Å². The third-order valence-electron chi connectivity index (χ3n) is 3.74. The number of aromatic nitrogens is 1. The molecule has 0 aliphatic carbocycles. The number of fused-ring (bicyclic) bond motifs is 1. The summed E-state index contributed by atoms with van der Waals surface area (Å²) in [5.74, 6) is -2.50. The lowest BCUT2D eigenvalue weighted by Gasteiger charge is -2.04. The molecule has 1 atom stereocenters. The second-order valence-corrected chi connectivity index (χ2v) is 5.83. The first-order chi connectivity index (χ1) is 12.0. The second kappa shape index (κ2) is 11.1. The lowest BCUT2D eigenvalue weighted by atomic mass is 10.0. The van der Waals surface area contributed by atoms with E-state index in [2.05, 4.69) is 42.2 Å². The van der Waals surface area contributed by atoms with E-state index in [4.69, 9.17) is 15.9 Å². The average molecular weight is 346 g/mol. The number of rotatable bonds is 8. The molecule has 0 fully saturated rings. The number of carbonyl (C=O) groups is 2. The van der Waals surface area contributed by atoms with Crippen molar-refractivity contribution in [3.63, 3.8) is 0 Å². The normalized spacial score (nSPS) is 11.4. The van der Waals surface area contributed by atoms with Gasteiger partial charge >= 0.3 is 11.9 Å². The van der Waals surface area contributed by atoms with Crippen LogP contribution in [0.15, 0.2) is 36.5 Å². The molecule has 136 valence electrons. The monoisotopic (exact) mass is 346 g/mol. The van der Waals surface area contributed by atoms with Crippen LogP contribution in [0.2, 0.25) is 0 Å². The molecule has 1 aromatic carbocycles. The molecule has 0 aliphatic rings. The van der Waals surface area contributed by atoms with Gasteiger partial charge in [-0.1, -0.05) is 50.5 Å². The summed E-state index contributed by atoms with van der Waals surface area (Å²) in [5.41, 5.74) is 6.10. The Kier molecular flexibility index (Phi) is 9.17. The fourth-order valence-electron chi connectivity index (χ4n) is 2.38. The number of hydrogen-bond donors (Lipinski definition) is 3. The van der Waals surface area contributed by atoms with Gasteiger partial charge in [0.2, 0.25) is 0 Å². The van der Waals surface area contributed by atoms with E-state index in [1.165, 1.54) is 42.1 Å². The molecule has 0 saturated heterocycles. The van der Waals surface area contributed by atoms with Crippen molar-refractivity contribution >= 4 is 22.7 Å². The minimum Gasteiger partial charge on any atom is -0.481 e. The van der Waals surface area contributed by atoms with Gasteiger partial charge in [0.05, 0.1) is 6.42 Å². The van der Waals surface area contributed by atoms with Crippen LogP contribution >= 0.6 is 0 Å². The fourth-order valence-corrected chi connectivity index (χ4v) is 2.38. The first kappa shape index (κ1) is 20.6. The third kappa shape index (κ3) is 7.76. The quantitative estimate of drug-likeness (QED) is 0.632. The van der Waals surface area contributed by atoms with E-state index >= 15 is 0 Å². The smallest absolute Gasteiger partial charge is 0.321 e. The highest BCUT2D eigenvalue weighted by Gasteiger charge is 2.14. The maximum absolute atomic E-state index is 9.85. The van der Waals surface area contributed by atoms with E-state index in [1.807, 2.05) is 6.20 Å². The Morgan fingerprint density at radius 3 is 2.44 bits per heavy atom. The first-order valence-corrected chi connectivity index (χ1v) is 8.48. The van der Waals surface area contributed by atoms with Crippen molar-refractivity contribution in [2.24, 2.45) is 5.73 Å². The van der Waals surface area contributed by atoms with Gasteiger partial charge in [-0.05, 0) is 24.3 Å². The van der Waals surface area contributed by atoms with Crippen LogP contribution in [0.25, 0.3) is 10.8 Å². The SMILES string of the molecule is CCCCCCc1nccc2ccccc12.NC(CC(=O)O)C(=O)O. The van der Waals surface area contributed by atoms with Crippen molar-refractivity contribution in [3.05, 3.63) is 42.2 Å². The number of carboxylic acids is 2. The Hall–Kier alpha value is -2.47. The molecule has 0 saturated carbocycles. The molecule has 2 aromatic rings. The molecule has 1 aromatic heterocycles. The molecular formula is C19H26N2O4. The maximum atomic E-state index is 9.85. The molecule has 4 N–H and O–H groups in total. The number of pyridine rings is 1. The van der Waals surface area contributed by atoms with Crippen LogP contribution < -0.4 is 5.73 Å². The number of unbranched alkanes of at least 4 members (excludes halogenated alkanes) is 3. The Morgan fingerprint density at radius 1 is 1.12 bits per heavy atom. The minimum absolute atomic E-state index is 0.532. The van der Waals surface area contributed by atoms with Gasteiger partial charge in [-0.2, -0.15) is 0 Å². The zero-order valence-corrected chi connectivity index (χ0v) is 14.5. The lowest BCUT2D eigenvalue weighted by Crippen LogP contribution is -2.32. The Balaban J connectivity index is 0.000000299. The van der Waals surface area contributed by atoms with Crippen LogP contribution in [0.1, 0.15) is 44.7 Å². The first-order valence-electron chi connectivity index (χ1n) is 8.48. The summed E-state index contributed by atoms with van der Waals surface area (Å²) in [6.07, 6.45) is 7.72. The molecule has 1 unspecified atom stereocenters. The van der Waals surface area contributed by atoms with E-state index < -0.39 is 24.4 Å². The lowest BCUT2D eigenvalue weighted by molar-refractivity contribution is -0.144. The Labute approximate surface area is 147 Å². The number of hydrogen-bond acceptors (Lipinski definition) is 4. The molecule has 2 rings (SSSR count). The number of carboxylic acid groups (broad SMARTS) is 2. The van der Waals surface area contributed by atoms with Crippen LogP contribution in [0.4, 0.5) is 0 Å². The highest BCUT2D eigenvalue weighted by molar-refractivity contribution is 5.84. The summed E-state index contributed by atoms with van der Waals surface area (Å²) >= 11 is 0. The number of aliphatic carboxylic acids is 2. The van der Waals surface area contributed by atoms with E-state index in [0.717, 1.165) is 6.42 Å². The summed E-state index contributed by atoms with van der Waals surface area (Å²) in [7, 11) is 0. The van der Waals surface area contributed by atoms with Gasteiger partial charge in [-0.15, -0.1) is 0 Å². The predicted octanol–water partition coefficient (Wildman–Crippen LogP) is 3.23. The standard InChI is InChI=1S/C15H19N.C4H7NO4/c1-2-3-4-5-10-15-14-9-7-6-8-13(14)11-12-16-15;5-2(4(8)9)1-3(6)7/h6-9,11-12H,2-5,10H2,1H3;2H,1,5H2,(H,6,7)(H,8,9). The molecule has 1 heterocycles. The van der Waals surface area contributed by atoms with Crippen LogP contribution in [-0.4, -0.2) is 33.2 Å². The molecule has 0 radical (unpaired) electrons. The largest absolute Gasteiger partial charge is 0.481 e. The van der Waals surface area contributed by atoms with Crippen molar-refractivity contribution in [2.75, 3.05) is 0 Å². The van der Waals surface area contributed by atoms with Crippen LogP contribution in [-0.2, 0) is 16.0 Å². The number of benzene rings is 1. The van der Waals surface area contributed by atoms with E-state index in [-0.39, 0.29) is 0 Å². The topological polar surface area (TPSA) is 114 Å². The Bertz CT molecular complexity index is 683. The van der Waals surface area contributed by atoms with Crippen molar-refractivity contribution in [2.45, 2.75) is 51.5 Å². The summed E-state index contributed by atoms with van der Waals surface area (Å²) in [5, 5.41) is 18.7. The summed E-state index contributed by atoms with van der Waals surface area (Å²) in [6, 6.07) is 9.32. The molecule has 25 heavy (non-hydrogen) atoms. The Morgan fingerprint density at radius 2 is 1.84 bits per heavy atom. The second-order valence-electron chi connectivity index (χ2n) is 5.83. The zero-order chi connectivity index (χ0) is 18.7. The van der Waals surface area contributed by atoms with Gasteiger partial charge in [-0.25, -0.2) is 0 Å². The fraction of sp³-hybridized carbons (Fsp3) is 0.421. The summed E-state index contributed by atoms with van der Waals surface area (Å²) in [4.78, 5) is 24.1. The van der Waals surface area contributed by atoms with Crippen molar-refractivity contribution < 1.29 is 19.8 Å². The number of nitrogens with two attached hydrogens (primary N) is 1. The average Bonchev–Trinajstić information content (AvgIpc) is 2.59. The van der Waals surface area contributed by atoms with Gasteiger partial charge < -0.3 is 15.9 Å². The summed E-state index contributed by atoms with van der Waals surface area (Å²) in [6.45, 7) is 2.25. The van der Waals surface area contributed by atoms with Gasteiger partial charge in [0.15, 0.2) is 0 Å². The third-order valence-corrected chi connectivity index (χ3v) is 3.74. The van der Waals surface area contributed by atoms with Gasteiger partial charge in [0, 0.05) is 17.3 Å². The van der Waals surface area contributed by atoms with Gasteiger partial charge in [0.1, 0.15) is 6.04 Å². The number of nitrogens with zero attached hydrogens (tertiary/aromatic N) is 1. The van der Waals surface area contributed by atoms with E-state index in [9.17, 15) is 9.59 Å². The van der Waals surface area contributed by atoms with Gasteiger partial charge in [0.25, 0.3) is 0 Å². The predicted molar refractivity (Wildman–Crippen MR) is 97.5 cm³/mol. The molecule has 6 nitrogen and oxygen atoms in total. The minimum atomic E-state index is -1.29.